The van der Waals surface area contributed by atoms with E-state index in [1.165, 1.54) is 25.1 Å². The van der Waals surface area contributed by atoms with Gasteiger partial charge in [-0.05, 0) is 49.2 Å². The lowest BCUT2D eigenvalue weighted by atomic mass is 9.91. The zero-order valence-electron chi connectivity index (χ0n) is 13.0. The lowest BCUT2D eigenvalue weighted by Crippen LogP contribution is -2.12. The molecule has 0 aromatic heterocycles. The topological polar surface area (TPSA) is 108 Å². The largest absolute Gasteiger partial charge is 0.366 e. The van der Waals surface area contributed by atoms with Gasteiger partial charge in [-0.25, -0.2) is 0 Å². The molecule has 0 bridgehead atoms. The van der Waals surface area contributed by atoms with Crippen molar-refractivity contribution in [3.63, 3.8) is 0 Å². The summed E-state index contributed by atoms with van der Waals surface area (Å²) in [6, 6.07) is 9.88. The number of nitrogens with zero attached hydrogens (tertiary/aromatic N) is 2. The lowest BCUT2D eigenvalue weighted by Gasteiger charge is -2.14. The van der Waals surface area contributed by atoms with Gasteiger partial charge in [0.15, 0.2) is 5.78 Å². The van der Waals surface area contributed by atoms with Crippen LogP contribution in [-0.4, -0.2) is 11.7 Å². The third-order valence-corrected chi connectivity index (χ3v) is 4.03. The first-order valence-corrected chi connectivity index (χ1v) is 7.27. The number of benzene rings is 2. The van der Waals surface area contributed by atoms with Gasteiger partial charge in [0.1, 0.15) is 0 Å². The van der Waals surface area contributed by atoms with E-state index in [0.29, 0.717) is 22.3 Å². The Hall–Kier alpha value is -3.15. The fraction of sp³-hybridized carbons (Fsp3) is 0.111. The monoisotopic (exact) mass is 337 g/mol. The highest BCUT2D eigenvalue weighted by Gasteiger charge is 2.19. The Morgan fingerprint density at radius 2 is 1.71 bits per heavy atom. The van der Waals surface area contributed by atoms with Gasteiger partial charge in [0.25, 0.3) is 0 Å². The number of primary amides is 1. The fourth-order valence-electron chi connectivity index (χ4n) is 2.41. The first-order chi connectivity index (χ1) is 11.3. The summed E-state index contributed by atoms with van der Waals surface area (Å²) >= 11 is 6.28. The molecular weight excluding hydrogens is 326 g/mol. The second-order valence-corrected chi connectivity index (χ2v) is 5.62. The van der Waals surface area contributed by atoms with Crippen molar-refractivity contribution in [1.29, 1.82) is 10.5 Å². The predicted molar refractivity (Wildman–Crippen MR) is 89.6 cm³/mol. The maximum absolute atomic E-state index is 12.0. The van der Waals surface area contributed by atoms with Crippen molar-refractivity contribution in [3.8, 4) is 23.3 Å². The Bertz CT molecular complexity index is 966. The van der Waals surface area contributed by atoms with Crippen molar-refractivity contribution in [2.24, 2.45) is 5.73 Å². The normalized spacial score (nSPS) is 9.88. The lowest BCUT2D eigenvalue weighted by molar-refractivity contribution is 0.0996. The van der Waals surface area contributed by atoms with E-state index in [4.69, 9.17) is 27.9 Å². The second-order valence-electron chi connectivity index (χ2n) is 5.24. The molecular formula is C18H12ClN3O2. The molecule has 2 N–H and O–H groups in total. The summed E-state index contributed by atoms with van der Waals surface area (Å²) in [6.07, 6.45) is 0. The summed E-state index contributed by atoms with van der Waals surface area (Å²) in [5, 5.41) is 18.4. The molecule has 6 heteroatoms. The highest BCUT2D eigenvalue weighted by Crippen LogP contribution is 2.35. The molecule has 0 aliphatic rings. The molecule has 1 amide bonds. The number of nitriles is 2. The van der Waals surface area contributed by atoms with Gasteiger partial charge < -0.3 is 5.73 Å². The van der Waals surface area contributed by atoms with Gasteiger partial charge in [-0.15, -0.1) is 0 Å². The summed E-state index contributed by atoms with van der Waals surface area (Å²) in [4.78, 5) is 23.6. The number of Topliss-reactive ketones (excluding diaryl/α,β-unsaturated/α-hetero) is 1. The van der Waals surface area contributed by atoms with Crippen molar-refractivity contribution in [3.05, 3.63) is 57.1 Å². The SMILES string of the molecule is CC(=O)c1cc(C#N)c(C)cc1-c1cc(C#N)cc(C(N)=O)c1Cl. The van der Waals surface area contributed by atoms with Crippen LogP contribution in [0.5, 0.6) is 0 Å². The number of hydrogen-bond donors (Lipinski definition) is 1. The summed E-state index contributed by atoms with van der Waals surface area (Å²) in [7, 11) is 0. The molecule has 0 spiro atoms. The highest BCUT2D eigenvalue weighted by molar-refractivity contribution is 6.36. The van der Waals surface area contributed by atoms with Crippen molar-refractivity contribution in [2.45, 2.75) is 13.8 Å². The Balaban J connectivity index is 2.92. The number of aryl methyl sites for hydroxylation is 1. The van der Waals surface area contributed by atoms with E-state index < -0.39 is 5.91 Å². The Morgan fingerprint density at radius 3 is 2.21 bits per heavy atom. The van der Waals surface area contributed by atoms with E-state index in [0.717, 1.165) is 0 Å². The Labute approximate surface area is 143 Å². The van der Waals surface area contributed by atoms with Crippen LogP contribution in [0.3, 0.4) is 0 Å². The molecule has 0 radical (unpaired) electrons. The van der Waals surface area contributed by atoms with Crippen molar-refractivity contribution < 1.29 is 9.59 Å². The molecule has 2 rings (SSSR count). The Kier molecular flexibility index (Phi) is 4.69. The zero-order valence-corrected chi connectivity index (χ0v) is 13.7. The summed E-state index contributed by atoms with van der Waals surface area (Å²) in [6.45, 7) is 3.09. The van der Waals surface area contributed by atoms with Crippen LogP contribution in [0.1, 0.15) is 44.3 Å². The molecule has 24 heavy (non-hydrogen) atoms. The number of amides is 1. The van der Waals surface area contributed by atoms with Crippen LogP contribution in [0.25, 0.3) is 11.1 Å². The van der Waals surface area contributed by atoms with E-state index in [9.17, 15) is 9.59 Å². The van der Waals surface area contributed by atoms with Gasteiger partial charge in [0, 0.05) is 11.1 Å². The molecule has 0 heterocycles. The third kappa shape index (κ3) is 2.99. The first kappa shape index (κ1) is 17.2. The van der Waals surface area contributed by atoms with Crippen molar-refractivity contribution >= 4 is 23.3 Å². The summed E-state index contributed by atoms with van der Waals surface area (Å²) in [5.41, 5.74) is 7.61. The van der Waals surface area contributed by atoms with Crippen LogP contribution in [0.4, 0.5) is 0 Å². The molecule has 0 aliphatic heterocycles. The van der Waals surface area contributed by atoms with Crippen LogP contribution in [0, 0.1) is 29.6 Å². The number of nitrogens with two attached hydrogens (primary N) is 1. The summed E-state index contributed by atoms with van der Waals surface area (Å²) < 4.78 is 0. The quantitative estimate of drug-likeness (QED) is 0.866. The minimum Gasteiger partial charge on any atom is -0.366 e. The van der Waals surface area contributed by atoms with Crippen LogP contribution >= 0.6 is 11.6 Å². The van der Waals surface area contributed by atoms with Crippen molar-refractivity contribution in [1.82, 2.24) is 0 Å². The number of ketones is 1. The van der Waals surface area contributed by atoms with Gasteiger partial charge in [-0.1, -0.05) is 11.6 Å². The van der Waals surface area contributed by atoms with Gasteiger partial charge in [-0.2, -0.15) is 10.5 Å². The molecule has 0 unspecified atom stereocenters. The molecule has 2 aromatic carbocycles. The second kappa shape index (κ2) is 6.54. The molecule has 0 atom stereocenters. The van der Waals surface area contributed by atoms with Gasteiger partial charge >= 0.3 is 0 Å². The van der Waals surface area contributed by atoms with Gasteiger partial charge in [0.05, 0.1) is 33.9 Å². The molecule has 2 aromatic rings. The number of halogens is 1. The van der Waals surface area contributed by atoms with E-state index >= 15 is 0 Å². The maximum Gasteiger partial charge on any atom is 0.250 e. The molecule has 5 nitrogen and oxygen atoms in total. The average Bonchev–Trinajstić information content (AvgIpc) is 2.54. The van der Waals surface area contributed by atoms with Crippen LogP contribution < -0.4 is 5.73 Å². The molecule has 0 saturated carbocycles. The third-order valence-electron chi connectivity index (χ3n) is 3.62. The minimum atomic E-state index is -0.770. The first-order valence-electron chi connectivity index (χ1n) is 6.89. The standard InChI is InChI=1S/C18H12ClN3O2/c1-9-3-14(13(10(2)23)6-12(9)8-21)15-4-11(7-20)5-16(17(15)19)18(22)24/h3-6H,1-2H3,(H2,22,24). The maximum atomic E-state index is 12.0. The van der Waals surface area contributed by atoms with E-state index in [1.807, 2.05) is 12.1 Å². The summed E-state index contributed by atoms with van der Waals surface area (Å²) in [5.74, 6) is -1.03. The van der Waals surface area contributed by atoms with Crippen LogP contribution in [-0.2, 0) is 0 Å². The highest BCUT2D eigenvalue weighted by atomic mass is 35.5. The number of carbonyl (C=O) groups excluding carboxylic acids is 2. The minimum absolute atomic E-state index is 0.00207. The Morgan fingerprint density at radius 1 is 1.04 bits per heavy atom. The molecule has 0 fully saturated rings. The van der Waals surface area contributed by atoms with Gasteiger partial charge in [-0.3, -0.25) is 9.59 Å². The number of carbonyl (C=O) groups is 2. The smallest absolute Gasteiger partial charge is 0.250 e. The fourth-order valence-corrected chi connectivity index (χ4v) is 2.71. The van der Waals surface area contributed by atoms with Crippen molar-refractivity contribution in [2.75, 3.05) is 0 Å². The molecule has 0 saturated heterocycles. The molecule has 118 valence electrons. The number of hydrogen-bond acceptors (Lipinski definition) is 4. The van der Waals surface area contributed by atoms with Crippen LogP contribution in [0.15, 0.2) is 24.3 Å². The predicted octanol–water partition coefficient (Wildman–Crippen LogP) is 3.36. The average molecular weight is 338 g/mol. The zero-order chi connectivity index (χ0) is 18.0. The molecule has 0 aliphatic carbocycles. The van der Waals surface area contributed by atoms with E-state index in [-0.39, 0.29) is 27.5 Å². The van der Waals surface area contributed by atoms with E-state index in [1.54, 1.807) is 13.0 Å². The number of rotatable bonds is 3. The van der Waals surface area contributed by atoms with E-state index in [2.05, 4.69) is 0 Å². The van der Waals surface area contributed by atoms with Crippen LogP contribution in [0.2, 0.25) is 5.02 Å². The van der Waals surface area contributed by atoms with Gasteiger partial charge in [0.2, 0.25) is 5.91 Å².